The molecule has 10 heavy (non-hydrogen) atoms. The topological polar surface area (TPSA) is 75.3 Å². The molecule has 0 N–H and O–H groups in total. The van der Waals surface area contributed by atoms with Crippen molar-refractivity contribution in [3.8, 4) is 12.5 Å². The van der Waals surface area contributed by atoms with Gasteiger partial charge >= 0.3 is 24.8 Å². The molecule has 56 valence electrons. The smallest absolute Gasteiger partial charge is 0.316 e. The molecule has 0 radical (unpaired) electrons. The summed E-state index contributed by atoms with van der Waals surface area (Å²) < 4.78 is 11.9. The van der Waals surface area contributed by atoms with Crippen molar-refractivity contribution in [2.45, 2.75) is 0 Å². The van der Waals surface area contributed by atoms with Crippen molar-refractivity contribution in [2.24, 2.45) is 0 Å². The number of hydrogen-bond donors (Lipinski definition) is 0. The van der Waals surface area contributed by atoms with E-state index in [0.29, 0.717) is 12.3 Å². The molecular weight excluding hydrogens is 175 g/mol. The molecule has 1 atom stereocenters. The van der Waals surface area contributed by atoms with Crippen LogP contribution in [0.1, 0.15) is 0 Å². The van der Waals surface area contributed by atoms with Crippen LogP contribution in [0.4, 0.5) is 0 Å². The van der Waals surface area contributed by atoms with Crippen LogP contribution in [0, 0.1) is 23.0 Å². The molecule has 7 heteroatoms. The molecule has 0 spiro atoms. The Balaban J connectivity index is 0. The molecule has 0 bridgehead atoms. The first kappa shape index (κ1) is 12.0. The Labute approximate surface area is 65.6 Å². The summed E-state index contributed by atoms with van der Waals surface area (Å²) in [6, 6.07) is 0. The van der Waals surface area contributed by atoms with Crippen LogP contribution in [0.25, 0.3) is 0 Å². The number of hydrogen-bond acceptors (Lipinski definition) is 6. The Morgan fingerprint density at radius 3 is 1.80 bits per heavy atom. The van der Waals surface area contributed by atoms with Crippen LogP contribution in [0.3, 0.4) is 0 Å². The fourth-order valence-electron chi connectivity index (χ4n) is 0.0474. The van der Waals surface area contributed by atoms with Crippen LogP contribution in [-0.4, -0.2) is 7.11 Å². The lowest BCUT2D eigenvalue weighted by molar-refractivity contribution is 0.485. The van der Waals surface area contributed by atoms with Crippen molar-refractivity contribution in [2.75, 3.05) is 7.11 Å². The summed E-state index contributed by atoms with van der Waals surface area (Å²) in [6.07, 6.45) is 2.58. The molecule has 5 nitrogen and oxygen atoms in total. The number of nitriles is 2. The molecular formula is C3H5N2O3PS. The molecule has 0 heterocycles. The Hall–Kier alpha value is -0.680. The van der Waals surface area contributed by atoms with Crippen LogP contribution in [0.5, 0.6) is 0 Å². The Morgan fingerprint density at radius 2 is 1.60 bits per heavy atom. The summed E-state index contributed by atoms with van der Waals surface area (Å²) in [5.74, 6) is 0. The van der Waals surface area contributed by atoms with Crippen LogP contribution in [0.15, 0.2) is 0 Å². The zero-order chi connectivity index (χ0) is 8.24. The molecule has 0 aliphatic carbocycles. The molecule has 0 aliphatic rings. The molecule has 0 aromatic carbocycles. The van der Waals surface area contributed by atoms with E-state index in [4.69, 9.17) is 10.5 Å². The molecule has 0 aromatic rings. The van der Waals surface area contributed by atoms with Crippen molar-refractivity contribution in [3.05, 3.63) is 0 Å². The van der Waals surface area contributed by atoms with E-state index in [9.17, 15) is 0 Å². The van der Waals surface area contributed by atoms with E-state index in [1.54, 1.807) is 7.11 Å². The second kappa shape index (κ2) is 15.8. The van der Waals surface area contributed by atoms with Gasteiger partial charge < -0.3 is 12.9 Å². The van der Waals surface area contributed by atoms with E-state index in [1.807, 2.05) is 0 Å². The van der Waals surface area contributed by atoms with Gasteiger partial charge in [0.05, 0.1) is 0 Å². The average Bonchev–Trinajstić information content (AvgIpc) is 1.91. The van der Waals surface area contributed by atoms with Crippen molar-refractivity contribution < 1.29 is 12.9 Å². The van der Waals surface area contributed by atoms with Gasteiger partial charge in [-0.3, -0.25) is 0 Å². The summed E-state index contributed by atoms with van der Waals surface area (Å²) >= 11 is 0.331. The van der Waals surface area contributed by atoms with E-state index in [0.717, 1.165) is 0 Å². The number of nitrogens with zero attached hydrogens (tertiary/aromatic N) is 2. The van der Waals surface area contributed by atoms with E-state index >= 15 is 0 Å². The summed E-state index contributed by atoms with van der Waals surface area (Å²) in [4.78, 5) is 0. The van der Waals surface area contributed by atoms with Gasteiger partial charge in [-0.25, -0.2) is 0 Å². The van der Waals surface area contributed by atoms with Gasteiger partial charge in [0.25, 0.3) is 0 Å². The predicted molar refractivity (Wildman–Crippen MR) is 37.7 cm³/mol. The molecule has 0 saturated heterocycles. The largest absolute Gasteiger partial charge is 0.369 e. The zero-order valence-corrected chi connectivity index (χ0v) is 7.08. The van der Waals surface area contributed by atoms with Crippen LogP contribution in [-0.2, 0) is 12.9 Å². The second-order valence-electron chi connectivity index (χ2n) is 0.653. The summed E-state index contributed by atoms with van der Waals surface area (Å²) in [5, 5.41) is 15.2. The van der Waals surface area contributed by atoms with Gasteiger partial charge in [-0.15, -0.1) is 10.5 Å². The standard InChI is InChI=1S/C2N2O2S.CH5OP/c3-1-5-7-6-2-4;1-2-3/h;3H2,1H3. The van der Waals surface area contributed by atoms with Crippen molar-refractivity contribution in [1.29, 1.82) is 10.5 Å². The second-order valence-corrected chi connectivity index (χ2v) is 1.59. The molecule has 0 amide bonds. The zero-order valence-electron chi connectivity index (χ0n) is 5.10. The maximum atomic E-state index is 7.61. The molecule has 0 aliphatic heterocycles. The van der Waals surface area contributed by atoms with E-state index in [-0.39, 0.29) is 0 Å². The van der Waals surface area contributed by atoms with Gasteiger partial charge in [-0.1, -0.05) is 0 Å². The van der Waals surface area contributed by atoms with E-state index in [1.165, 1.54) is 12.5 Å². The third-order valence-corrected chi connectivity index (χ3v) is 0.428. The monoisotopic (exact) mass is 180 g/mol. The lowest BCUT2D eigenvalue weighted by atomic mass is 11.6. The Kier molecular flexibility index (Phi) is 19.0. The highest BCUT2D eigenvalue weighted by Gasteiger charge is 1.80. The lowest BCUT2D eigenvalue weighted by Crippen LogP contribution is -1.64. The van der Waals surface area contributed by atoms with Crippen molar-refractivity contribution >= 4 is 21.8 Å². The minimum absolute atomic E-state index is 0.331. The molecule has 0 aromatic heterocycles. The highest BCUT2D eigenvalue weighted by atomic mass is 32.2. The highest BCUT2D eigenvalue weighted by Crippen LogP contribution is 1.98. The average molecular weight is 180 g/mol. The summed E-state index contributed by atoms with van der Waals surface area (Å²) in [7, 11) is 3.67. The van der Waals surface area contributed by atoms with E-state index < -0.39 is 0 Å². The Bertz CT molecular complexity index is 117. The summed E-state index contributed by atoms with van der Waals surface area (Å²) in [6.45, 7) is 0. The van der Waals surface area contributed by atoms with Gasteiger partial charge in [0.2, 0.25) is 0 Å². The third-order valence-electron chi connectivity index (χ3n) is 0.143. The normalized spacial score (nSPS) is 5.60. The SMILES string of the molecule is COP.N#COSOC#N. The van der Waals surface area contributed by atoms with Gasteiger partial charge in [0.15, 0.2) is 0 Å². The first-order valence-electron chi connectivity index (χ1n) is 1.83. The van der Waals surface area contributed by atoms with Crippen molar-refractivity contribution in [1.82, 2.24) is 0 Å². The van der Waals surface area contributed by atoms with E-state index in [2.05, 4.69) is 22.4 Å². The van der Waals surface area contributed by atoms with Gasteiger partial charge in [-0.05, 0) is 9.47 Å². The van der Waals surface area contributed by atoms with Crippen LogP contribution < -0.4 is 0 Å². The van der Waals surface area contributed by atoms with Crippen LogP contribution in [0.2, 0.25) is 0 Å². The summed E-state index contributed by atoms with van der Waals surface area (Å²) in [5.41, 5.74) is 0. The fourth-order valence-corrected chi connectivity index (χ4v) is 0.142. The van der Waals surface area contributed by atoms with Gasteiger partial charge in [0.1, 0.15) is 0 Å². The maximum absolute atomic E-state index is 7.61. The molecule has 0 saturated carbocycles. The fraction of sp³-hybridized carbons (Fsp3) is 0.333. The quantitative estimate of drug-likeness (QED) is 0.273. The molecule has 1 unspecified atom stereocenters. The molecule has 0 rings (SSSR count). The predicted octanol–water partition coefficient (Wildman–Crippen LogP) is 0.968. The minimum atomic E-state index is 0.331. The molecule has 0 fully saturated rings. The first-order valence-corrected chi connectivity index (χ1v) is 2.97. The van der Waals surface area contributed by atoms with Crippen LogP contribution >= 0.6 is 21.8 Å². The highest BCUT2D eigenvalue weighted by molar-refractivity contribution is 7.90. The Morgan fingerprint density at radius 1 is 1.30 bits per heavy atom. The lowest BCUT2D eigenvalue weighted by Gasteiger charge is -1.79. The maximum Gasteiger partial charge on any atom is 0.316 e. The minimum Gasteiger partial charge on any atom is -0.369 e. The van der Waals surface area contributed by atoms with Crippen molar-refractivity contribution in [3.63, 3.8) is 0 Å². The first-order chi connectivity index (χ1) is 4.83. The van der Waals surface area contributed by atoms with Gasteiger partial charge in [0, 0.05) is 7.11 Å². The van der Waals surface area contributed by atoms with Gasteiger partial charge in [-0.2, -0.15) is 0 Å². The number of rotatable bonds is 2. The third kappa shape index (κ3) is 26.5.